The Bertz CT molecular complexity index is 527. The summed E-state index contributed by atoms with van der Waals surface area (Å²) < 4.78 is 14.1. The zero-order chi connectivity index (χ0) is 15.4. The number of nitro benzene ring substituents is 1. The molecule has 1 rings (SSSR count). The van der Waals surface area contributed by atoms with E-state index in [9.17, 15) is 19.3 Å². The number of halogens is 1. The van der Waals surface area contributed by atoms with Gasteiger partial charge in [-0.05, 0) is 25.3 Å². The first-order valence-corrected chi connectivity index (χ1v) is 6.55. The molecule has 0 N–H and O–H groups in total. The lowest BCUT2D eigenvalue weighted by Crippen LogP contribution is -2.36. The number of carbonyl (C=O) groups is 1. The van der Waals surface area contributed by atoms with Crippen molar-refractivity contribution in [1.29, 1.82) is 0 Å². The van der Waals surface area contributed by atoms with Gasteiger partial charge in [0.15, 0.2) is 0 Å². The average molecular weight is 282 g/mol. The summed E-state index contributed by atoms with van der Waals surface area (Å²) in [5, 5.41) is 10.8. The van der Waals surface area contributed by atoms with Crippen LogP contribution in [0.3, 0.4) is 0 Å². The third-order valence-electron chi connectivity index (χ3n) is 3.49. The molecule has 0 spiro atoms. The molecule has 0 bridgehead atoms. The van der Waals surface area contributed by atoms with Crippen molar-refractivity contribution >= 4 is 11.6 Å². The minimum absolute atomic E-state index is 0.0125. The van der Waals surface area contributed by atoms with Gasteiger partial charge in [-0.2, -0.15) is 0 Å². The highest BCUT2D eigenvalue weighted by molar-refractivity contribution is 5.95. The Balaban J connectivity index is 3.24. The molecule has 0 heterocycles. The molecule has 0 aliphatic rings. The van der Waals surface area contributed by atoms with Crippen LogP contribution in [0.15, 0.2) is 12.1 Å². The third kappa shape index (κ3) is 3.12. The number of non-ortho nitro benzene ring substituents is 1. The number of amides is 1. The largest absolute Gasteiger partial charge is 0.339 e. The van der Waals surface area contributed by atoms with Crippen LogP contribution in [0.1, 0.15) is 42.6 Å². The van der Waals surface area contributed by atoms with Crippen molar-refractivity contribution in [2.75, 3.05) is 7.05 Å². The number of hydrogen-bond acceptors (Lipinski definition) is 3. The van der Waals surface area contributed by atoms with Gasteiger partial charge < -0.3 is 4.90 Å². The molecule has 6 heteroatoms. The summed E-state index contributed by atoms with van der Waals surface area (Å²) in [6, 6.07) is 2.12. The standard InChI is InChI=1S/C14H19FN2O3/c1-5-10(6-2)16(4)14(18)12-8-11(17(19)20)7-9(3)13(12)15/h7-8,10H,5-6H2,1-4H3. The van der Waals surface area contributed by atoms with E-state index in [-0.39, 0.29) is 22.9 Å². The van der Waals surface area contributed by atoms with Crippen molar-refractivity contribution in [3.63, 3.8) is 0 Å². The fourth-order valence-electron chi connectivity index (χ4n) is 2.20. The van der Waals surface area contributed by atoms with Crippen molar-refractivity contribution in [1.82, 2.24) is 4.90 Å². The second-order valence-electron chi connectivity index (χ2n) is 4.77. The van der Waals surface area contributed by atoms with Crippen LogP contribution in [0.5, 0.6) is 0 Å². The zero-order valence-electron chi connectivity index (χ0n) is 12.1. The van der Waals surface area contributed by atoms with E-state index in [1.807, 2.05) is 13.8 Å². The molecule has 0 aliphatic carbocycles. The fraction of sp³-hybridized carbons (Fsp3) is 0.500. The van der Waals surface area contributed by atoms with Crippen molar-refractivity contribution in [2.24, 2.45) is 0 Å². The van der Waals surface area contributed by atoms with E-state index >= 15 is 0 Å². The molecule has 5 nitrogen and oxygen atoms in total. The van der Waals surface area contributed by atoms with Gasteiger partial charge in [0.05, 0.1) is 10.5 Å². The quantitative estimate of drug-likeness (QED) is 0.615. The van der Waals surface area contributed by atoms with Crippen LogP contribution in [0.4, 0.5) is 10.1 Å². The molecule has 20 heavy (non-hydrogen) atoms. The Hall–Kier alpha value is -1.98. The number of hydrogen-bond donors (Lipinski definition) is 0. The van der Waals surface area contributed by atoms with Crippen LogP contribution >= 0.6 is 0 Å². The van der Waals surface area contributed by atoms with E-state index in [2.05, 4.69) is 0 Å². The van der Waals surface area contributed by atoms with Crippen LogP contribution in [-0.4, -0.2) is 28.8 Å². The Morgan fingerprint density at radius 2 is 1.95 bits per heavy atom. The second kappa shape index (κ2) is 6.45. The summed E-state index contributed by atoms with van der Waals surface area (Å²) in [6.45, 7) is 5.29. The molecule has 110 valence electrons. The van der Waals surface area contributed by atoms with E-state index in [4.69, 9.17) is 0 Å². The number of carbonyl (C=O) groups excluding carboxylic acids is 1. The number of aryl methyl sites for hydroxylation is 1. The summed E-state index contributed by atoms with van der Waals surface area (Å²) in [5.41, 5.74) is -0.420. The molecular formula is C14H19FN2O3. The van der Waals surface area contributed by atoms with Crippen molar-refractivity contribution in [3.05, 3.63) is 39.2 Å². The number of nitro groups is 1. The van der Waals surface area contributed by atoms with Crippen LogP contribution in [0.2, 0.25) is 0 Å². The van der Waals surface area contributed by atoms with Gasteiger partial charge in [0, 0.05) is 25.2 Å². The molecule has 1 aromatic carbocycles. The summed E-state index contributed by atoms with van der Waals surface area (Å²) in [4.78, 5) is 23.9. The summed E-state index contributed by atoms with van der Waals surface area (Å²) in [7, 11) is 1.59. The zero-order valence-corrected chi connectivity index (χ0v) is 12.1. The molecule has 0 atom stereocenters. The monoisotopic (exact) mass is 282 g/mol. The molecule has 0 unspecified atom stereocenters. The molecule has 1 amide bonds. The van der Waals surface area contributed by atoms with Gasteiger partial charge in [0.2, 0.25) is 0 Å². The SMILES string of the molecule is CCC(CC)N(C)C(=O)c1cc([N+](=O)[O-])cc(C)c1F. The maximum atomic E-state index is 14.1. The van der Waals surface area contributed by atoms with Crippen LogP contribution in [0.25, 0.3) is 0 Å². The highest BCUT2D eigenvalue weighted by Crippen LogP contribution is 2.23. The van der Waals surface area contributed by atoms with Gasteiger partial charge >= 0.3 is 0 Å². The number of nitrogens with zero attached hydrogens (tertiary/aromatic N) is 2. The first-order chi connectivity index (χ1) is 9.33. The van der Waals surface area contributed by atoms with E-state index in [0.29, 0.717) is 0 Å². The summed E-state index contributed by atoms with van der Waals surface area (Å²) in [6.07, 6.45) is 1.49. The fourth-order valence-corrected chi connectivity index (χ4v) is 2.20. The smallest absolute Gasteiger partial charge is 0.270 e. The highest BCUT2D eigenvalue weighted by atomic mass is 19.1. The molecule has 1 aromatic rings. The van der Waals surface area contributed by atoms with Crippen molar-refractivity contribution in [3.8, 4) is 0 Å². The normalized spacial score (nSPS) is 10.7. The van der Waals surface area contributed by atoms with Gasteiger partial charge in [0.25, 0.3) is 11.6 Å². The molecule has 0 fully saturated rings. The minimum Gasteiger partial charge on any atom is -0.339 e. The van der Waals surface area contributed by atoms with Crippen molar-refractivity contribution < 1.29 is 14.1 Å². The topological polar surface area (TPSA) is 63.5 Å². The van der Waals surface area contributed by atoms with E-state index in [0.717, 1.165) is 25.0 Å². The Labute approximate surface area is 117 Å². The molecule has 0 aromatic heterocycles. The lowest BCUT2D eigenvalue weighted by Gasteiger charge is -2.26. The lowest BCUT2D eigenvalue weighted by atomic mass is 10.1. The van der Waals surface area contributed by atoms with E-state index < -0.39 is 16.6 Å². The molecule has 0 radical (unpaired) electrons. The highest BCUT2D eigenvalue weighted by Gasteiger charge is 2.24. The van der Waals surface area contributed by atoms with Crippen LogP contribution in [0, 0.1) is 22.9 Å². The molecule has 0 saturated heterocycles. The van der Waals surface area contributed by atoms with Gasteiger partial charge in [0.1, 0.15) is 5.82 Å². The third-order valence-corrected chi connectivity index (χ3v) is 3.49. The average Bonchev–Trinajstić information content (AvgIpc) is 2.41. The van der Waals surface area contributed by atoms with Gasteiger partial charge in [-0.25, -0.2) is 4.39 Å². The predicted molar refractivity (Wildman–Crippen MR) is 74.3 cm³/mol. The second-order valence-corrected chi connectivity index (χ2v) is 4.77. The number of benzene rings is 1. The van der Waals surface area contributed by atoms with Gasteiger partial charge in [-0.15, -0.1) is 0 Å². The van der Waals surface area contributed by atoms with Crippen LogP contribution < -0.4 is 0 Å². The molecule has 0 aliphatic heterocycles. The van der Waals surface area contributed by atoms with E-state index in [1.54, 1.807) is 7.05 Å². The van der Waals surface area contributed by atoms with E-state index in [1.165, 1.54) is 11.8 Å². The molecular weight excluding hydrogens is 263 g/mol. The summed E-state index contributed by atoms with van der Waals surface area (Å²) in [5.74, 6) is -1.22. The maximum Gasteiger partial charge on any atom is 0.270 e. The number of rotatable bonds is 5. The minimum atomic E-state index is -0.696. The Morgan fingerprint density at radius 1 is 1.40 bits per heavy atom. The Kier molecular flexibility index (Phi) is 5.19. The lowest BCUT2D eigenvalue weighted by molar-refractivity contribution is -0.385. The first-order valence-electron chi connectivity index (χ1n) is 6.55. The first kappa shape index (κ1) is 16.1. The van der Waals surface area contributed by atoms with Crippen molar-refractivity contribution in [2.45, 2.75) is 39.7 Å². The Morgan fingerprint density at radius 3 is 2.40 bits per heavy atom. The summed E-state index contributed by atoms with van der Waals surface area (Å²) >= 11 is 0. The van der Waals surface area contributed by atoms with Gasteiger partial charge in [-0.1, -0.05) is 13.8 Å². The van der Waals surface area contributed by atoms with Gasteiger partial charge in [-0.3, -0.25) is 14.9 Å². The van der Waals surface area contributed by atoms with Crippen LogP contribution in [-0.2, 0) is 0 Å². The molecule has 0 saturated carbocycles. The maximum absolute atomic E-state index is 14.1. The predicted octanol–water partition coefficient (Wildman–Crippen LogP) is 3.30.